The highest BCUT2D eigenvalue weighted by atomic mass is 127. The third-order valence-corrected chi connectivity index (χ3v) is 7.45. The van der Waals surface area contributed by atoms with Crippen LogP contribution in [0, 0.1) is 10.5 Å². The van der Waals surface area contributed by atoms with Gasteiger partial charge in [0.05, 0.1) is 4.90 Å². The van der Waals surface area contributed by atoms with Gasteiger partial charge >= 0.3 is 5.63 Å². The van der Waals surface area contributed by atoms with Gasteiger partial charge in [-0.3, -0.25) is 4.79 Å². The molecule has 1 atom stereocenters. The van der Waals surface area contributed by atoms with Gasteiger partial charge in [0, 0.05) is 26.8 Å². The van der Waals surface area contributed by atoms with Crippen LogP contribution in [-0.4, -0.2) is 20.4 Å². The molecule has 7 nitrogen and oxygen atoms in total. The van der Waals surface area contributed by atoms with Crippen LogP contribution in [0.5, 0.6) is 0 Å². The molecule has 4 aromatic rings. The first kappa shape index (κ1) is 24.1. The second-order valence-electron chi connectivity index (χ2n) is 7.77. The molecule has 9 heteroatoms. The van der Waals surface area contributed by atoms with Crippen molar-refractivity contribution in [1.29, 1.82) is 0 Å². The number of amides is 1. The largest absolute Gasteiger partial charge is 0.423 e. The monoisotopic (exact) mass is 588 g/mol. The van der Waals surface area contributed by atoms with Gasteiger partial charge in [0.1, 0.15) is 11.6 Å². The van der Waals surface area contributed by atoms with Gasteiger partial charge in [-0.25, -0.2) is 13.2 Å². The van der Waals surface area contributed by atoms with E-state index in [9.17, 15) is 18.0 Å². The van der Waals surface area contributed by atoms with E-state index in [2.05, 4.69) is 32.6 Å². The van der Waals surface area contributed by atoms with Crippen LogP contribution in [0.1, 0.15) is 11.1 Å². The average Bonchev–Trinajstić information content (AvgIpc) is 2.79. The van der Waals surface area contributed by atoms with Gasteiger partial charge in [-0.1, -0.05) is 30.3 Å². The number of carbonyl (C=O) groups is 1. The Kier molecular flexibility index (Phi) is 7.15. The summed E-state index contributed by atoms with van der Waals surface area (Å²) in [5, 5.41) is 3.50. The van der Waals surface area contributed by atoms with Gasteiger partial charge in [0.2, 0.25) is 15.9 Å². The number of benzene rings is 3. The molecule has 0 saturated carbocycles. The van der Waals surface area contributed by atoms with Crippen molar-refractivity contribution in [2.75, 3.05) is 5.32 Å². The highest BCUT2D eigenvalue weighted by Crippen LogP contribution is 2.21. The summed E-state index contributed by atoms with van der Waals surface area (Å²) in [7, 11) is -3.95. The van der Waals surface area contributed by atoms with Gasteiger partial charge in [-0.2, -0.15) is 4.72 Å². The minimum atomic E-state index is -3.95. The van der Waals surface area contributed by atoms with Gasteiger partial charge in [0.25, 0.3) is 0 Å². The van der Waals surface area contributed by atoms with Crippen LogP contribution in [0.25, 0.3) is 11.0 Å². The number of anilines is 1. The van der Waals surface area contributed by atoms with Gasteiger partial charge in [0.15, 0.2) is 0 Å². The summed E-state index contributed by atoms with van der Waals surface area (Å²) in [6.07, 6.45) is 0.151. The molecule has 4 rings (SSSR count). The number of nitrogens with one attached hydrogen (secondary N) is 2. The Morgan fingerprint density at radius 1 is 1.00 bits per heavy atom. The molecule has 0 aliphatic carbocycles. The van der Waals surface area contributed by atoms with Crippen LogP contribution in [0.15, 0.2) is 93.0 Å². The molecular weight excluding hydrogens is 567 g/mol. The summed E-state index contributed by atoms with van der Waals surface area (Å²) < 4.78 is 34.7. The Balaban J connectivity index is 1.63. The third-order valence-electron chi connectivity index (χ3n) is 5.24. The van der Waals surface area contributed by atoms with Crippen molar-refractivity contribution in [1.82, 2.24) is 4.72 Å². The van der Waals surface area contributed by atoms with Gasteiger partial charge in [-0.15, -0.1) is 0 Å². The van der Waals surface area contributed by atoms with E-state index >= 15 is 0 Å². The molecule has 0 bridgehead atoms. The number of sulfonamides is 1. The summed E-state index contributed by atoms with van der Waals surface area (Å²) in [6.45, 7) is 1.80. The van der Waals surface area contributed by atoms with Crippen LogP contribution in [-0.2, 0) is 21.2 Å². The number of rotatable bonds is 7. The molecule has 0 spiro atoms. The van der Waals surface area contributed by atoms with E-state index in [1.165, 1.54) is 18.2 Å². The smallest absolute Gasteiger partial charge is 0.336 e. The van der Waals surface area contributed by atoms with E-state index in [0.717, 1.165) is 20.1 Å². The van der Waals surface area contributed by atoms with E-state index in [0.29, 0.717) is 11.3 Å². The quantitative estimate of drug-likeness (QED) is 0.248. The summed E-state index contributed by atoms with van der Waals surface area (Å²) >= 11 is 2.09. The van der Waals surface area contributed by atoms with E-state index in [1.807, 2.05) is 30.3 Å². The zero-order valence-corrected chi connectivity index (χ0v) is 21.1. The van der Waals surface area contributed by atoms with Crippen molar-refractivity contribution in [3.8, 4) is 0 Å². The Morgan fingerprint density at radius 2 is 1.71 bits per heavy atom. The minimum absolute atomic E-state index is 0.0710. The van der Waals surface area contributed by atoms with Crippen LogP contribution >= 0.6 is 22.6 Å². The van der Waals surface area contributed by atoms with Crippen molar-refractivity contribution in [3.63, 3.8) is 0 Å². The molecule has 0 unspecified atom stereocenters. The summed E-state index contributed by atoms with van der Waals surface area (Å²) in [5.41, 5.74) is 1.80. The molecule has 174 valence electrons. The second kappa shape index (κ2) is 10.1. The maximum Gasteiger partial charge on any atom is 0.336 e. The predicted molar refractivity (Wildman–Crippen MR) is 139 cm³/mol. The lowest BCUT2D eigenvalue weighted by Gasteiger charge is -2.19. The van der Waals surface area contributed by atoms with Crippen molar-refractivity contribution in [2.24, 2.45) is 0 Å². The van der Waals surface area contributed by atoms with Crippen LogP contribution in [0.4, 0.5) is 5.69 Å². The maximum absolute atomic E-state index is 13.2. The van der Waals surface area contributed by atoms with E-state index in [-0.39, 0.29) is 11.3 Å². The molecular formula is C25H21IN2O5S. The number of aryl methyl sites for hydroxylation is 1. The molecule has 0 fully saturated rings. The SMILES string of the molecule is Cc1cc(=O)oc2cc(NC(=O)[C@H](Cc3ccccc3)NS(=O)(=O)c3ccc(I)cc3)ccc12. The molecule has 0 aliphatic heterocycles. The third kappa shape index (κ3) is 5.72. The Bertz CT molecular complexity index is 1500. The second-order valence-corrected chi connectivity index (χ2v) is 10.7. The lowest BCUT2D eigenvalue weighted by atomic mass is 10.1. The molecule has 0 saturated heterocycles. The average molecular weight is 588 g/mol. The number of fused-ring (bicyclic) bond motifs is 1. The van der Waals surface area contributed by atoms with Crippen molar-refractivity contribution >= 4 is 55.2 Å². The lowest BCUT2D eigenvalue weighted by Crippen LogP contribution is -2.45. The van der Waals surface area contributed by atoms with Crippen molar-refractivity contribution in [2.45, 2.75) is 24.3 Å². The Hall–Kier alpha value is -3.02. The molecule has 0 radical (unpaired) electrons. The maximum atomic E-state index is 13.2. The van der Waals surface area contributed by atoms with Crippen molar-refractivity contribution < 1.29 is 17.6 Å². The Morgan fingerprint density at radius 3 is 2.41 bits per heavy atom. The zero-order chi connectivity index (χ0) is 24.3. The molecule has 0 aliphatic rings. The van der Waals surface area contributed by atoms with Gasteiger partial charge in [-0.05, 0) is 83.5 Å². The van der Waals surface area contributed by atoms with Crippen molar-refractivity contribution in [3.05, 3.63) is 104 Å². The zero-order valence-electron chi connectivity index (χ0n) is 18.1. The van der Waals surface area contributed by atoms with E-state index < -0.39 is 27.6 Å². The summed E-state index contributed by atoms with van der Waals surface area (Å²) in [6, 6.07) is 20.8. The number of hydrogen-bond acceptors (Lipinski definition) is 5. The minimum Gasteiger partial charge on any atom is -0.423 e. The molecule has 1 heterocycles. The molecule has 34 heavy (non-hydrogen) atoms. The number of hydrogen-bond donors (Lipinski definition) is 2. The summed E-state index contributed by atoms with van der Waals surface area (Å²) in [5.74, 6) is -0.535. The fourth-order valence-electron chi connectivity index (χ4n) is 3.54. The molecule has 1 aromatic heterocycles. The highest BCUT2D eigenvalue weighted by molar-refractivity contribution is 14.1. The molecule has 3 aromatic carbocycles. The van der Waals surface area contributed by atoms with Crippen LogP contribution in [0.2, 0.25) is 0 Å². The molecule has 2 N–H and O–H groups in total. The van der Waals surface area contributed by atoms with E-state index in [4.69, 9.17) is 4.42 Å². The normalized spacial score (nSPS) is 12.4. The lowest BCUT2D eigenvalue weighted by molar-refractivity contribution is -0.117. The Labute approximate surface area is 210 Å². The first-order chi connectivity index (χ1) is 16.2. The predicted octanol–water partition coefficient (Wildman–Crippen LogP) is 4.23. The fraction of sp³-hybridized carbons (Fsp3) is 0.120. The number of carbonyl (C=O) groups excluding carboxylic acids is 1. The summed E-state index contributed by atoms with van der Waals surface area (Å²) in [4.78, 5) is 25.0. The van der Waals surface area contributed by atoms with Gasteiger partial charge < -0.3 is 9.73 Å². The molecule has 1 amide bonds. The topological polar surface area (TPSA) is 105 Å². The first-order valence-electron chi connectivity index (χ1n) is 10.4. The fourth-order valence-corrected chi connectivity index (χ4v) is 5.09. The standard InChI is InChI=1S/C25H21IN2O5S/c1-16-13-24(29)33-23-15-19(9-12-21(16)23)27-25(30)22(14-17-5-3-2-4-6-17)28-34(31,32)20-10-7-18(26)8-11-20/h2-13,15,22,28H,14H2,1H3,(H,27,30)/t22-/m0/s1. The van der Waals surface area contributed by atoms with Crippen LogP contribution in [0.3, 0.4) is 0 Å². The first-order valence-corrected chi connectivity index (χ1v) is 12.9. The number of halogens is 1. The van der Waals surface area contributed by atoms with E-state index in [1.54, 1.807) is 37.3 Å². The van der Waals surface area contributed by atoms with Crippen LogP contribution < -0.4 is 15.7 Å². The highest BCUT2D eigenvalue weighted by Gasteiger charge is 2.26.